The van der Waals surface area contributed by atoms with Crippen LogP contribution in [0.3, 0.4) is 0 Å². The van der Waals surface area contributed by atoms with Gasteiger partial charge in [-0.25, -0.2) is 4.79 Å². The molecular formula is C36H46N4O4. The second-order valence-electron chi connectivity index (χ2n) is 11.7. The van der Waals surface area contributed by atoms with E-state index in [0.29, 0.717) is 19.7 Å². The number of rotatable bonds is 12. The van der Waals surface area contributed by atoms with Crippen LogP contribution in [0.1, 0.15) is 36.5 Å². The summed E-state index contributed by atoms with van der Waals surface area (Å²) >= 11 is 0. The number of hydrogen-bond donors (Lipinski definition) is 1. The molecule has 0 unspecified atom stereocenters. The second kappa shape index (κ2) is 16.3. The Morgan fingerprint density at radius 2 is 1.43 bits per heavy atom. The number of alkyl carbamates (subject to hydrolysis) is 1. The van der Waals surface area contributed by atoms with Gasteiger partial charge >= 0.3 is 6.09 Å². The van der Waals surface area contributed by atoms with E-state index < -0.39 is 12.1 Å². The van der Waals surface area contributed by atoms with Crippen LogP contribution in [0, 0.1) is 5.92 Å². The Labute approximate surface area is 261 Å². The average Bonchev–Trinajstić information content (AvgIpc) is 3.07. The summed E-state index contributed by atoms with van der Waals surface area (Å²) in [5, 5.41) is 3.00. The summed E-state index contributed by atoms with van der Waals surface area (Å²) in [7, 11) is 0. The van der Waals surface area contributed by atoms with Crippen molar-refractivity contribution in [2.45, 2.75) is 45.4 Å². The Hall–Kier alpha value is -3.88. The molecule has 0 bridgehead atoms. The summed E-state index contributed by atoms with van der Waals surface area (Å²) in [6.07, 6.45) is 2.19. The van der Waals surface area contributed by atoms with E-state index in [-0.39, 0.29) is 18.4 Å². The third kappa shape index (κ3) is 9.07. The van der Waals surface area contributed by atoms with Gasteiger partial charge in [-0.2, -0.15) is 0 Å². The summed E-state index contributed by atoms with van der Waals surface area (Å²) in [6, 6.07) is 27.7. The van der Waals surface area contributed by atoms with Gasteiger partial charge in [-0.15, -0.1) is 0 Å². The van der Waals surface area contributed by atoms with Crippen LogP contribution in [0.25, 0.3) is 0 Å². The fourth-order valence-corrected chi connectivity index (χ4v) is 6.21. The summed E-state index contributed by atoms with van der Waals surface area (Å²) in [6.45, 7) is 9.21. The lowest BCUT2D eigenvalue weighted by molar-refractivity contribution is -0.137. The Balaban J connectivity index is 1.17. The van der Waals surface area contributed by atoms with E-state index in [1.807, 2.05) is 66.4 Å². The van der Waals surface area contributed by atoms with Crippen molar-refractivity contribution < 1.29 is 19.1 Å². The fraction of sp³-hybridized carbons (Fsp3) is 0.444. The van der Waals surface area contributed by atoms with E-state index in [0.717, 1.165) is 75.4 Å². The van der Waals surface area contributed by atoms with E-state index in [4.69, 9.17) is 9.47 Å². The predicted octanol–water partition coefficient (Wildman–Crippen LogP) is 4.98. The van der Waals surface area contributed by atoms with Gasteiger partial charge in [0.05, 0.1) is 6.61 Å². The van der Waals surface area contributed by atoms with Crippen molar-refractivity contribution in [2.75, 3.05) is 52.4 Å². The first-order valence-corrected chi connectivity index (χ1v) is 16.0. The zero-order valence-corrected chi connectivity index (χ0v) is 25.9. The van der Waals surface area contributed by atoms with Crippen molar-refractivity contribution in [2.24, 2.45) is 5.92 Å². The van der Waals surface area contributed by atoms with Gasteiger partial charge in [0.15, 0.2) is 0 Å². The molecule has 1 atom stereocenters. The van der Waals surface area contributed by atoms with Crippen LogP contribution in [-0.4, -0.2) is 85.2 Å². The number of carbonyl (C=O) groups excluding carboxylic acids is 2. The number of benzene rings is 3. The molecule has 3 aromatic carbocycles. The number of nitrogens with one attached hydrogen (secondary N) is 1. The number of likely N-dealkylation sites (tertiary alicyclic amines) is 1. The second-order valence-corrected chi connectivity index (χ2v) is 11.7. The number of hydrogen-bond acceptors (Lipinski definition) is 6. The highest BCUT2D eigenvalue weighted by Crippen LogP contribution is 2.24. The molecule has 2 heterocycles. The first-order chi connectivity index (χ1) is 21.6. The van der Waals surface area contributed by atoms with E-state index in [1.165, 1.54) is 5.56 Å². The molecule has 8 heteroatoms. The SMILES string of the molecule is CCOc1ccccc1CN1CCN(C(=O)[C@H](NC(=O)OCc2ccccc2)C2CCN(CCc3ccccc3)CC2)CC1. The normalized spacial score (nSPS) is 17.2. The minimum atomic E-state index is -0.597. The summed E-state index contributed by atoms with van der Waals surface area (Å²) < 4.78 is 11.4. The van der Waals surface area contributed by atoms with Crippen LogP contribution >= 0.6 is 0 Å². The van der Waals surface area contributed by atoms with Crippen LogP contribution < -0.4 is 10.1 Å². The van der Waals surface area contributed by atoms with Crippen LogP contribution in [0.5, 0.6) is 5.75 Å². The average molecular weight is 599 g/mol. The summed E-state index contributed by atoms with van der Waals surface area (Å²) in [5.74, 6) is 0.983. The number of amides is 2. The highest BCUT2D eigenvalue weighted by Gasteiger charge is 2.36. The maximum absolute atomic E-state index is 14.0. The molecule has 8 nitrogen and oxygen atoms in total. The quantitative estimate of drug-likeness (QED) is 0.317. The smallest absolute Gasteiger partial charge is 0.408 e. The standard InChI is InChI=1S/C36H46N4O4/c1-2-43-33-16-10-9-15-32(33)27-39-23-25-40(26-24-39)35(41)34(37-36(42)44-28-30-13-7-4-8-14-30)31-18-21-38(22-19-31)20-17-29-11-5-3-6-12-29/h3-16,31,34H,2,17-28H2,1H3,(H,37,42)/t34-/m1/s1. The molecule has 5 rings (SSSR count). The van der Waals surface area contributed by atoms with Crippen LogP contribution in [0.15, 0.2) is 84.9 Å². The molecule has 2 aliphatic rings. The van der Waals surface area contributed by atoms with Gasteiger partial charge in [-0.1, -0.05) is 78.9 Å². The Morgan fingerprint density at radius 3 is 2.11 bits per heavy atom. The Morgan fingerprint density at radius 1 is 0.795 bits per heavy atom. The maximum atomic E-state index is 14.0. The topological polar surface area (TPSA) is 74.3 Å². The van der Waals surface area contributed by atoms with Crippen molar-refractivity contribution in [3.8, 4) is 5.75 Å². The molecular weight excluding hydrogens is 552 g/mol. The van der Waals surface area contributed by atoms with Gasteiger partial charge in [0.2, 0.25) is 5.91 Å². The third-order valence-corrected chi connectivity index (χ3v) is 8.77. The molecule has 0 aliphatic carbocycles. The van der Waals surface area contributed by atoms with Gasteiger partial charge < -0.3 is 24.6 Å². The van der Waals surface area contributed by atoms with Crippen LogP contribution in [0.4, 0.5) is 4.79 Å². The monoisotopic (exact) mass is 598 g/mol. The number of ether oxygens (including phenoxy) is 2. The molecule has 0 aromatic heterocycles. The van der Waals surface area contributed by atoms with E-state index in [2.05, 4.69) is 45.4 Å². The molecule has 44 heavy (non-hydrogen) atoms. The molecule has 2 aliphatic heterocycles. The molecule has 0 spiro atoms. The molecule has 2 amide bonds. The van der Waals surface area contributed by atoms with Crippen molar-refractivity contribution in [1.29, 1.82) is 0 Å². The predicted molar refractivity (Wildman–Crippen MR) is 172 cm³/mol. The number of nitrogens with zero attached hydrogens (tertiary/aromatic N) is 3. The maximum Gasteiger partial charge on any atom is 0.408 e. The molecule has 0 saturated carbocycles. The molecule has 2 saturated heterocycles. The minimum absolute atomic E-state index is 0.00115. The van der Waals surface area contributed by atoms with Gasteiger partial charge in [0, 0.05) is 44.8 Å². The number of carbonyl (C=O) groups is 2. The van der Waals surface area contributed by atoms with Crippen LogP contribution in [-0.2, 0) is 29.1 Å². The largest absolute Gasteiger partial charge is 0.494 e. The Kier molecular flexibility index (Phi) is 11.7. The van der Waals surface area contributed by atoms with Crippen LogP contribution in [0.2, 0.25) is 0 Å². The first kappa shape index (κ1) is 31.5. The number of para-hydroxylation sites is 1. The number of piperazine rings is 1. The molecule has 1 N–H and O–H groups in total. The van der Waals surface area contributed by atoms with E-state index in [9.17, 15) is 9.59 Å². The lowest BCUT2D eigenvalue weighted by atomic mass is 9.88. The van der Waals surface area contributed by atoms with Crippen molar-refractivity contribution in [3.63, 3.8) is 0 Å². The first-order valence-electron chi connectivity index (χ1n) is 16.0. The molecule has 234 valence electrons. The van der Waals surface area contributed by atoms with Crippen molar-refractivity contribution in [1.82, 2.24) is 20.0 Å². The summed E-state index contributed by atoms with van der Waals surface area (Å²) in [4.78, 5) is 33.8. The number of piperidine rings is 1. The molecule has 3 aromatic rings. The van der Waals surface area contributed by atoms with E-state index in [1.54, 1.807) is 0 Å². The van der Waals surface area contributed by atoms with Gasteiger partial charge in [0.1, 0.15) is 18.4 Å². The lowest BCUT2D eigenvalue weighted by Crippen LogP contribution is -2.58. The molecule has 2 fully saturated rings. The van der Waals surface area contributed by atoms with Crippen molar-refractivity contribution in [3.05, 3.63) is 102 Å². The van der Waals surface area contributed by atoms with Crippen molar-refractivity contribution >= 4 is 12.0 Å². The fourth-order valence-electron chi connectivity index (χ4n) is 6.21. The highest BCUT2D eigenvalue weighted by atomic mass is 16.5. The third-order valence-electron chi connectivity index (χ3n) is 8.77. The highest BCUT2D eigenvalue weighted by molar-refractivity contribution is 5.86. The Bertz CT molecular complexity index is 1310. The van der Waals surface area contributed by atoms with Gasteiger partial charge in [-0.3, -0.25) is 9.69 Å². The van der Waals surface area contributed by atoms with Gasteiger partial charge in [0.25, 0.3) is 0 Å². The van der Waals surface area contributed by atoms with E-state index >= 15 is 0 Å². The lowest BCUT2D eigenvalue weighted by Gasteiger charge is -2.40. The minimum Gasteiger partial charge on any atom is -0.494 e. The summed E-state index contributed by atoms with van der Waals surface area (Å²) in [5.41, 5.74) is 3.42. The molecule has 0 radical (unpaired) electrons. The zero-order valence-electron chi connectivity index (χ0n) is 25.9. The zero-order chi connectivity index (χ0) is 30.6. The van der Waals surface area contributed by atoms with Gasteiger partial charge in [-0.05, 0) is 62.4 Å².